The molecule has 0 bridgehead atoms. The number of methoxy groups -OCH3 is 1. The number of guanidine groups is 2. The Bertz CT molecular complexity index is 655. The van der Waals surface area contributed by atoms with E-state index < -0.39 is 0 Å². The normalized spacial score (nSPS) is 9.88. The van der Waals surface area contributed by atoms with Gasteiger partial charge in [0, 0.05) is 13.1 Å². The summed E-state index contributed by atoms with van der Waals surface area (Å²) in [4.78, 5) is 0. The summed E-state index contributed by atoms with van der Waals surface area (Å²) >= 11 is 0. The number of benzene rings is 2. The van der Waals surface area contributed by atoms with E-state index in [4.69, 9.17) is 15.6 Å². The van der Waals surface area contributed by atoms with Gasteiger partial charge in [-0.2, -0.15) is 0 Å². The first-order valence-electron chi connectivity index (χ1n) is 7.76. The van der Waals surface area contributed by atoms with E-state index in [0.29, 0.717) is 13.1 Å². The summed E-state index contributed by atoms with van der Waals surface area (Å²) in [5.74, 6) is 0.998. The van der Waals surface area contributed by atoms with Crippen LogP contribution in [-0.2, 0) is 13.0 Å². The van der Waals surface area contributed by atoms with Gasteiger partial charge in [0.15, 0.2) is 11.9 Å². The molecule has 6 nitrogen and oxygen atoms in total. The average Bonchev–Trinajstić information content (AvgIpc) is 2.61. The predicted molar refractivity (Wildman–Crippen MR) is 96.6 cm³/mol. The zero-order chi connectivity index (χ0) is 17.2. The van der Waals surface area contributed by atoms with Crippen LogP contribution < -0.4 is 20.7 Å². The molecule has 0 saturated heterocycles. The number of rotatable bonds is 6. The molecule has 2 aromatic carbocycles. The third-order valence-corrected chi connectivity index (χ3v) is 3.44. The average molecular weight is 325 g/mol. The van der Waals surface area contributed by atoms with Crippen molar-refractivity contribution in [2.24, 2.45) is 0 Å². The van der Waals surface area contributed by atoms with Crippen LogP contribution in [0.2, 0.25) is 0 Å². The highest BCUT2D eigenvalue weighted by Crippen LogP contribution is 2.10. The summed E-state index contributed by atoms with van der Waals surface area (Å²) in [7, 11) is 1.63. The zero-order valence-corrected chi connectivity index (χ0v) is 13.7. The lowest BCUT2D eigenvalue weighted by Gasteiger charge is -2.13. The molecule has 0 aromatic heterocycles. The minimum absolute atomic E-state index is 0.0861. The number of ether oxygens (including phenoxy) is 1. The van der Waals surface area contributed by atoms with Gasteiger partial charge in [0.25, 0.3) is 0 Å². The first kappa shape index (κ1) is 17.3. The Balaban J connectivity index is 1.64. The fourth-order valence-corrected chi connectivity index (χ4v) is 2.12. The molecule has 0 aliphatic rings. The number of hydrogen-bond donors (Lipinski definition) is 5. The van der Waals surface area contributed by atoms with Gasteiger partial charge in [0.05, 0.1) is 7.11 Å². The quantitative estimate of drug-likeness (QED) is 0.415. The topological polar surface area (TPSA) is 93.0 Å². The minimum atomic E-state index is 0.0861. The van der Waals surface area contributed by atoms with Gasteiger partial charge in [0.1, 0.15) is 5.75 Å². The Morgan fingerprint density at radius 3 is 2.21 bits per heavy atom. The van der Waals surface area contributed by atoms with Crippen LogP contribution in [0.1, 0.15) is 11.1 Å². The van der Waals surface area contributed by atoms with Gasteiger partial charge in [-0.05, 0) is 29.7 Å². The second kappa shape index (κ2) is 9.19. The number of nitrogens with one attached hydrogen (secondary N) is 5. The fraction of sp³-hybridized carbons (Fsp3) is 0.222. The van der Waals surface area contributed by atoms with Gasteiger partial charge in [-0.1, -0.05) is 42.5 Å². The molecule has 2 aromatic rings. The maximum Gasteiger partial charge on any atom is 0.195 e. The summed E-state index contributed by atoms with van der Waals surface area (Å²) in [6.45, 7) is 1.15. The monoisotopic (exact) mass is 325 g/mol. The highest BCUT2D eigenvalue weighted by atomic mass is 16.5. The zero-order valence-electron chi connectivity index (χ0n) is 13.7. The molecule has 0 aliphatic heterocycles. The molecular weight excluding hydrogens is 302 g/mol. The lowest BCUT2D eigenvalue weighted by atomic mass is 10.1. The van der Waals surface area contributed by atoms with Crippen LogP contribution >= 0.6 is 0 Å². The Labute approximate surface area is 142 Å². The van der Waals surface area contributed by atoms with E-state index in [1.54, 1.807) is 7.11 Å². The van der Waals surface area contributed by atoms with Crippen molar-refractivity contribution < 1.29 is 4.74 Å². The van der Waals surface area contributed by atoms with Gasteiger partial charge in [-0.25, -0.2) is 0 Å². The molecular formula is C18H23N5O. The third-order valence-electron chi connectivity index (χ3n) is 3.44. The highest BCUT2D eigenvalue weighted by Gasteiger charge is 2.01. The van der Waals surface area contributed by atoms with Gasteiger partial charge >= 0.3 is 0 Å². The van der Waals surface area contributed by atoms with E-state index in [9.17, 15) is 0 Å². The van der Waals surface area contributed by atoms with Crippen molar-refractivity contribution >= 4 is 11.9 Å². The first-order valence-corrected chi connectivity index (χ1v) is 7.76. The molecule has 0 fully saturated rings. The van der Waals surface area contributed by atoms with E-state index in [1.165, 1.54) is 5.56 Å². The Kier molecular flexibility index (Phi) is 6.64. The van der Waals surface area contributed by atoms with Crippen molar-refractivity contribution in [3.8, 4) is 5.75 Å². The molecule has 0 saturated carbocycles. The highest BCUT2D eigenvalue weighted by molar-refractivity contribution is 5.95. The molecule has 0 heterocycles. The largest absolute Gasteiger partial charge is 0.497 e. The van der Waals surface area contributed by atoms with Crippen molar-refractivity contribution in [1.82, 2.24) is 16.0 Å². The van der Waals surface area contributed by atoms with Crippen molar-refractivity contribution in [3.05, 3.63) is 65.7 Å². The maximum absolute atomic E-state index is 7.82. The second-order valence-electron chi connectivity index (χ2n) is 5.24. The van der Waals surface area contributed by atoms with Crippen LogP contribution in [0.4, 0.5) is 0 Å². The van der Waals surface area contributed by atoms with Gasteiger partial charge in [-0.3, -0.25) is 16.1 Å². The van der Waals surface area contributed by atoms with Crippen LogP contribution in [0, 0.1) is 10.8 Å². The fourth-order valence-electron chi connectivity index (χ4n) is 2.12. The molecule has 0 spiro atoms. The summed E-state index contributed by atoms with van der Waals surface area (Å²) in [6.07, 6.45) is 0.831. The standard InChI is InChI=1S/C18H23N5O/c1-24-16-9-7-15(8-10-16)13-22-18(20)23-17(19)21-12-11-14-5-3-2-4-6-14/h2-10H,11-13H2,1H3,(H5,19,20,21,22,23). The molecule has 0 amide bonds. The number of hydrogen-bond acceptors (Lipinski definition) is 3. The molecule has 6 heteroatoms. The van der Waals surface area contributed by atoms with Crippen LogP contribution in [0.5, 0.6) is 5.75 Å². The summed E-state index contributed by atoms with van der Waals surface area (Å²) in [6, 6.07) is 17.7. The van der Waals surface area contributed by atoms with Crippen molar-refractivity contribution in [3.63, 3.8) is 0 Å². The van der Waals surface area contributed by atoms with E-state index in [0.717, 1.165) is 17.7 Å². The van der Waals surface area contributed by atoms with Gasteiger partial charge < -0.3 is 15.4 Å². The molecule has 0 aliphatic carbocycles. The molecule has 24 heavy (non-hydrogen) atoms. The molecule has 0 radical (unpaired) electrons. The van der Waals surface area contributed by atoms with E-state index >= 15 is 0 Å². The summed E-state index contributed by atoms with van der Waals surface area (Å²) < 4.78 is 5.11. The lowest BCUT2D eigenvalue weighted by molar-refractivity contribution is 0.414. The van der Waals surface area contributed by atoms with Crippen LogP contribution in [-0.4, -0.2) is 25.6 Å². The summed E-state index contributed by atoms with van der Waals surface area (Å²) in [5, 5.41) is 24.2. The molecule has 0 unspecified atom stereocenters. The van der Waals surface area contributed by atoms with Crippen molar-refractivity contribution in [2.75, 3.05) is 13.7 Å². The summed E-state index contributed by atoms with van der Waals surface area (Å²) in [5.41, 5.74) is 2.25. The van der Waals surface area contributed by atoms with E-state index in [-0.39, 0.29) is 11.9 Å². The van der Waals surface area contributed by atoms with Crippen LogP contribution in [0.3, 0.4) is 0 Å². The third kappa shape index (κ3) is 6.00. The minimum Gasteiger partial charge on any atom is -0.497 e. The van der Waals surface area contributed by atoms with Crippen molar-refractivity contribution in [1.29, 1.82) is 10.8 Å². The Hall–Kier alpha value is -3.02. The second-order valence-corrected chi connectivity index (χ2v) is 5.24. The smallest absolute Gasteiger partial charge is 0.195 e. The first-order chi connectivity index (χ1) is 11.7. The lowest BCUT2D eigenvalue weighted by Crippen LogP contribution is -2.46. The van der Waals surface area contributed by atoms with Gasteiger partial charge in [-0.15, -0.1) is 0 Å². The molecule has 5 N–H and O–H groups in total. The van der Waals surface area contributed by atoms with Gasteiger partial charge in [0.2, 0.25) is 0 Å². The van der Waals surface area contributed by atoms with E-state index in [2.05, 4.69) is 28.1 Å². The molecule has 0 atom stereocenters. The molecule has 126 valence electrons. The van der Waals surface area contributed by atoms with E-state index in [1.807, 2.05) is 42.5 Å². The SMILES string of the molecule is COc1ccc(CNC(=N)NC(=N)NCCc2ccccc2)cc1. The van der Waals surface area contributed by atoms with Crippen LogP contribution in [0.15, 0.2) is 54.6 Å². The molecule has 2 rings (SSSR count). The van der Waals surface area contributed by atoms with Crippen LogP contribution in [0.25, 0.3) is 0 Å². The Morgan fingerprint density at radius 1 is 0.875 bits per heavy atom. The Morgan fingerprint density at radius 2 is 1.54 bits per heavy atom. The van der Waals surface area contributed by atoms with Crippen molar-refractivity contribution in [2.45, 2.75) is 13.0 Å². The predicted octanol–water partition coefficient (Wildman–Crippen LogP) is 2.08. The maximum atomic E-state index is 7.82.